The zero-order valence-corrected chi connectivity index (χ0v) is 9.22. The lowest BCUT2D eigenvalue weighted by Crippen LogP contribution is -2.35. The number of carbonyl (C=O) groups excluding carboxylic acids is 1. The summed E-state index contributed by atoms with van der Waals surface area (Å²) in [5.74, 6) is 0. The first-order valence-corrected chi connectivity index (χ1v) is 4.97. The van der Waals surface area contributed by atoms with Crippen LogP contribution in [-0.2, 0) is 4.74 Å². The first kappa shape index (κ1) is 11.1. The van der Waals surface area contributed by atoms with Gasteiger partial charge in [-0.3, -0.25) is 0 Å². The van der Waals surface area contributed by atoms with Gasteiger partial charge in [0.25, 0.3) is 0 Å². The number of carbonyl (C=O) groups is 1. The van der Waals surface area contributed by atoms with Gasteiger partial charge in [0.1, 0.15) is 5.60 Å². The Morgan fingerprint density at radius 3 is 2.50 bits per heavy atom. The van der Waals surface area contributed by atoms with Crippen LogP contribution in [0.5, 0.6) is 0 Å². The van der Waals surface area contributed by atoms with Gasteiger partial charge in [-0.15, -0.1) is 6.58 Å². The Bertz CT molecular complexity index is 236. The Balaban J connectivity index is 2.25. The van der Waals surface area contributed by atoms with Crippen LogP contribution in [0, 0.1) is 5.41 Å². The first-order chi connectivity index (χ1) is 6.37. The topological polar surface area (TPSA) is 38.3 Å². The van der Waals surface area contributed by atoms with Crippen molar-refractivity contribution in [2.75, 3.05) is 6.54 Å². The Morgan fingerprint density at radius 2 is 2.14 bits per heavy atom. The smallest absolute Gasteiger partial charge is 0.407 e. The summed E-state index contributed by atoms with van der Waals surface area (Å²) in [6.07, 6.45) is 3.81. The zero-order chi connectivity index (χ0) is 10.8. The van der Waals surface area contributed by atoms with Gasteiger partial charge in [-0.05, 0) is 33.6 Å². The molecular weight excluding hydrogens is 178 g/mol. The van der Waals surface area contributed by atoms with E-state index in [1.165, 1.54) is 0 Å². The van der Waals surface area contributed by atoms with Crippen LogP contribution in [0.25, 0.3) is 0 Å². The number of nitrogens with one attached hydrogen (secondary N) is 1. The Kier molecular flexibility index (Phi) is 2.88. The molecule has 1 rings (SSSR count). The van der Waals surface area contributed by atoms with Gasteiger partial charge in [0.2, 0.25) is 0 Å². The fourth-order valence-corrected chi connectivity index (χ4v) is 1.18. The summed E-state index contributed by atoms with van der Waals surface area (Å²) >= 11 is 0. The van der Waals surface area contributed by atoms with E-state index in [4.69, 9.17) is 4.74 Å². The van der Waals surface area contributed by atoms with Crippen LogP contribution in [0.2, 0.25) is 0 Å². The van der Waals surface area contributed by atoms with E-state index in [-0.39, 0.29) is 11.5 Å². The van der Waals surface area contributed by atoms with E-state index >= 15 is 0 Å². The fourth-order valence-electron chi connectivity index (χ4n) is 1.18. The van der Waals surface area contributed by atoms with Crippen LogP contribution in [0.4, 0.5) is 4.79 Å². The molecule has 1 aliphatic carbocycles. The van der Waals surface area contributed by atoms with Crippen molar-refractivity contribution >= 4 is 6.09 Å². The van der Waals surface area contributed by atoms with Crippen LogP contribution < -0.4 is 5.32 Å². The predicted octanol–water partition coefficient (Wildman–Crippen LogP) is 2.48. The molecule has 0 saturated heterocycles. The van der Waals surface area contributed by atoms with Gasteiger partial charge in [0.15, 0.2) is 0 Å². The molecule has 1 aliphatic rings. The van der Waals surface area contributed by atoms with E-state index < -0.39 is 5.60 Å². The Labute approximate surface area is 85.5 Å². The van der Waals surface area contributed by atoms with Crippen molar-refractivity contribution in [1.82, 2.24) is 5.32 Å². The van der Waals surface area contributed by atoms with E-state index in [1.54, 1.807) is 0 Å². The highest BCUT2D eigenvalue weighted by Gasteiger charge is 2.39. The number of ether oxygens (including phenoxy) is 1. The van der Waals surface area contributed by atoms with Crippen LogP contribution in [0.3, 0.4) is 0 Å². The second-order valence-electron chi connectivity index (χ2n) is 4.92. The summed E-state index contributed by atoms with van der Waals surface area (Å²) in [7, 11) is 0. The summed E-state index contributed by atoms with van der Waals surface area (Å²) in [6, 6.07) is 0. The second kappa shape index (κ2) is 3.64. The number of amides is 1. The van der Waals surface area contributed by atoms with Gasteiger partial charge in [0.05, 0.1) is 0 Å². The lowest BCUT2D eigenvalue weighted by molar-refractivity contribution is 0.0520. The highest BCUT2D eigenvalue weighted by molar-refractivity contribution is 5.67. The van der Waals surface area contributed by atoms with Crippen LogP contribution in [0.1, 0.15) is 33.6 Å². The van der Waals surface area contributed by atoms with Gasteiger partial charge < -0.3 is 10.1 Å². The summed E-state index contributed by atoms with van der Waals surface area (Å²) in [6.45, 7) is 9.96. The maximum absolute atomic E-state index is 11.3. The first-order valence-electron chi connectivity index (χ1n) is 4.97. The van der Waals surface area contributed by atoms with Crippen molar-refractivity contribution in [1.29, 1.82) is 0 Å². The van der Waals surface area contributed by atoms with Gasteiger partial charge in [0, 0.05) is 12.0 Å². The van der Waals surface area contributed by atoms with Gasteiger partial charge >= 0.3 is 6.09 Å². The molecule has 0 bridgehead atoms. The molecule has 80 valence electrons. The third-order valence-electron chi connectivity index (χ3n) is 2.31. The van der Waals surface area contributed by atoms with Crippen molar-refractivity contribution in [2.45, 2.75) is 39.2 Å². The molecule has 0 aromatic carbocycles. The quantitative estimate of drug-likeness (QED) is 0.706. The van der Waals surface area contributed by atoms with Crippen LogP contribution in [0.15, 0.2) is 12.7 Å². The molecule has 0 atom stereocenters. The SMILES string of the molecule is C=CC1(CNC(=O)OC(C)(C)C)CC1. The zero-order valence-electron chi connectivity index (χ0n) is 9.22. The molecule has 0 aliphatic heterocycles. The summed E-state index contributed by atoms with van der Waals surface area (Å²) in [5, 5.41) is 2.76. The summed E-state index contributed by atoms with van der Waals surface area (Å²) in [4.78, 5) is 11.3. The molecule has 1 fully saturated rings. The molecule has 0 spiro atoms. The lowest BCUT2D eigenvalue weighted by Gasteiger charge is -2.20. The van der Waals surface area contributed by atoms with Gasteiger partial charge in [-0.25, -0.2) is 4.79 Å². The highest BCUT2D eigenvalue weighted by atomic mass is 16.6. The molecule has 1 amide bonds. The van der Waals surface area contributed by atoms with Crippen molar-refractivity contribution in [3.8, 4) is 0 Å². The predicted molar refractivity (Wildman–Crippen MR) is 56.1 cm³/mol. The maximum Gasteiger partial charge on any atom is 0.407 e. The highest BCUT2D eigenvalue weighted by Crippen LogP contribution is 2.45. The van der Waals surface area contributed by atoms with Crippen molar-refractivity contribution in [3.63, 3.8) is 0 Å². The maximum atomic E-state index is 11.3. The summed E-state index contributed by atoms with van der Waals surface area (Å²) in [5.41, 5.74) is -0.272. The van der Waals surface area contributed by atoms with E-state index in [0.717, 1.165) is 12.8 Å². The van der Waals surface area contributed by atoms with Crippen LogP contribution >= 0.6 is 0 Å². The molecular formula is C11H19NO2. The minimum atomic E-state index is -0.422. The van der Waals surface area contributed by atoms with Gasteiger partial charge in [-0.2, -0.15) is 0 Å². The van der Waals surface area contributed by atoms with Crippen molar-refractivity contribution in [3.05, 3.63) is 12.7 Å². The Morgan fingerprint density at radius 1 is 1.57 bits per heavy atom. The molecule has 1 N–H and O–H groups in total. The normalized spacial score (nSPS) is 18.5. The second-order valence-corrected chi connectivity index (χ2v) is 4.92. The average Bonchev–Trinajstić information content (AvgIpc) is 2.78. The van der Waals surface area contributed by atoms with E-state index in [1.807, 2.05) is 26.8 Å². The van der Waals surface area contributed by atoms with Crippen molar-refractivity contribution < 1.29 is 9.53 Å². The monoisotopic (exact) mass is 197 g/mol. The van der Waals surface area contributed by atoms with E-state index in [0.29, 0.717) is 6.54 Å². The number of rotatable bonds is 3. The molecule has 0 radical (unpaired) electrons. The fraction of sp³-hybridized carbons (Fsp3) is 0.727. The third kappa shape index (κ3) is 3.40. The van der Waals surface area contributed by atoms with E-state index in [2.05, 4.69) is 11.9 Å². The number of hydrogen-bond donors (Lipinski definition) is 1. The molecule has 3 heteroatoms. The molecule has 14 heavy (non-hydrogen) atoms. The largest absolute Gasteiger partial charge is 0.444 e. The summed E-state index contributed by atoms with van der Waals surface area (Å²) < 4.78 is 5.12. The third-order valence-corrected chi connectivity index (χ3v) is 2.31. The van der Waals surface area contributed by atoms with E-state index in [9.17, 15) is 4.79 Å². The number of hydrogen-bond acceptors (Lipinski definition) is 2. The van der Waals surface area contributed by atoms with Gasteiger partial charge in [-0.1, -0.05) is 6.08 Å². The van der Waals surface area contributed by atoms with Crippen LogP contribution in [-0.4, -0.2) is 18.2 Å². The van der Waals surface area contributed by atoms with Crippen molar-refractivity contribution in [2.24, 2.45) is 5.41 Å². The number of alkyl carbamates (subject to hydrolysis) is 1. The molecule has 0 aromatic heterocycles. The average molecular weight is 197 g/mol. The minimum Gasteiger partial charge on any atom is -0.444 e. The molecule has 1 saturated carbocycles. The molecule has 0 aromatic rings. The standard InChI is InChI=1S/C11H19NO2/c1-5-11(6-7-11)8-12-9(13)14-10(2,3)4/h5H,1,6-8H2,2-4H3,(H,12,13). The Hall–Kier alpha value is -0.990. The lowest BCUT2D eigenvalue weighted by atomic mass is 10.1. The molecule has 0 heterocycles. The minimum absolute atomic E-state index is 0.150. The molecule has 3 nitrogen and oxygen atoms in total. The molecule has 0 unspecified atom stereocenters.